The van der Waals surface area contributed by atoms with Crippen LogP contribution in [0.2, 0.25) is 0 Å². The van der Waals surface area contributed by atoms with Gasteiger partial charge in [-0.2, -0.15) is 0 Å². The van der Waals surface area contributed by atoms with Crippen LogP contribution in [0.5, 0.6) is 0 Å². The molecule has 0 radical (unpaired) electrons. The summed E-state index contributed by atoms with van der Waals surface area (Å²) in [5, 5.41) is 19.3. The Morgan fingerprint density at radius 2 is 2.18 bits per heavy atom. The van der Waals surface area contributed by atoms with Crippen molar-refractivity contribution in [3.63, 3.8) is 0 Å². The summed E-state index contributed by atoms with van der Waals surface area (Å²) in [4.78, 5) is 10.6. The van der Waals surface area contributed by atoms with Gasteiger partial charge in [0.05, 0.1) is 0 Å². The van der Waals surface area contributed by atoms with Gasteiger partial charge < -0.3 is 10.4 Å². The van der Waals surface area contributed by atoms with Gasteiger partial charge in [0.15, 0.2) is 5.69 Å². The molecule has 2 N–H and O–H groups in total. The van der Waals surface area contributed by atoms with E-state index in [9.17, 15) is 4.79 Å². The summed E-state index contributed by atoms with van der Waals surface area (Å²) >= 11 is 0. The Morgan fingerprint density at radius 1 is 1.41 bits per heavy atom. The first-order valence-corrected chi connectivity index (χ1v) is 5.97. The van der Waals surface area contributed by atoms with Gasteiger partial charge in [0.2, 0.25) is 0 Å². The Hall–Kier alpha value is -1.65. The fraction of sp³-hybridized carbons (Fsp3) is 0.583. The molecular weight excluding hydrogens is 218 g/mol. The Kier molecular flexibility index (Phi) is 5.39. The highest BCUT2D eigenvalue weighted by Gasteiger charge is 2.06. The Morgan fingerprint density at radius 3 is 2.71 bits per heavy atom. The minimum absolute atomic E-state index is 0.0332. The molecule has 0 spiro atoms. The van der Waals surface area contributed by atoms with Gasteiger partial charge >= 0.3 is 5.97 Å². The maximum Gasteiger partial charge on any atom is 0.356 e. The maximum atomic E-state index is 10.6. The van der Waals surface area contributed by atoms with Gasteiger partial charge in [0.25, 0.3) is 0 Å². The number of nitrogens with zero attached hydrogens (tertiary/aromatic N) is 2. The molecule has 0 aliphatic heterocycles. The zero-order valence-electron chi connectivity index (χ0n) is 10.3. The number of anilines is 1. The van der Waals surface area contributed by atoms with Crippen LogP contribution in [0.25, 0.3) is 0 Å². The van der Waals surface area contributed by atoms with Crippen molar-refractivity contribution in [2.24, 2.45) is 0 Å². The lowest BCUT2D eigenvalue weighted by molar-refractivity contribution is 0.0689. The average Bonchev–Trinajstić information content (AvgIpc) is 2.30. The number of hydrogen-bond acceptors (Lipinski definition) is 4. The van der Waals surface area contributed by atoms with Crippen LogP contribution in [0.1, 0.15) is 50.0 Å². The summed E-state index contributed by atoms with van der Waals surface area (Å²) in [7, 11) is 0. The number of unbranched alkanes of at least 4 members (excludes halogenated alkanes) is 2. The molecule has 0 aliphatic rings. The lowest BCUT2D eigenvalue weighted by atomic mass is 10.1. The van der Waals surface area contributed by atoms with E-state index in [-0.39, 0.29) is 5.69 Å². The minimum Gasteiger partial charge on any atom is -0.476 e. The summed E-state index contributed by atoms with van der Waals surface area (Å²) < 4.78 is 0. The molecule has 0 amide bonds. The summed E-state index contributed by atoms with van der Waals surface area (Å²) in [5.74, 6) is -0.431. The molecule has 5 heteroatoms. The molecule has 1 heterocycles. The van der Waals surface area contributed by atoms with Gasteiger partial charge in [0, 0.05) is 6.04 Å². The molecule has 1 aromatic rings. The summed E-state index contributed by atoms with van der Waals surface area (Å²) in [5.41, 5.74) is -0.0332. The second kappa shape index (κ2) is 6.83. The Labute approximate surface area is 101 Å². The Balaban J connectivity index is 2.43. The van der Waals surface area contributed by atoms with Crippen LogP contribution >= 0.6 is 0 Å². The largest absolute Gasteiger partial charge is 0.476 e. The van der Waals surface area contributed by atoms with Crippen LogP contribution in [0, 0.1) is 0 Å². The smallest absolute Gasteiger partial charge is 0.356 e. The molecule has 17 heavy (non-hydrogen) atoms. The van der Waals surface area contributed by atoms with Gasteiger partial charge in [-0.05, 0) is 25.5 Å². The number of aromatic nitrogens is 2. The van der Waals surface area contributed by atoms with Crippen LogP contribution < -0.4 is 5.32 Å². The molecule has 1 aromatic heterocycles. The minimum atomic E-state index is -1.06. The van der Waals surface area contributed by atoms with Crippen molar-refractivity contribution >= 4 is 11.8 Å². The Bertz CT molecular complexity index is 351. The highest BCUT2D eigenvalue weighted by Crippen LogP contribution is 2.09. The topological polar surface area (TPSA) is 75.1 Å². The van der Waals surface area contributed by atoms with Crippen LogP contribution in [0.3, 0.4) is 0 Å². The standard InChI is InChI=1S/C12H19N3O2/c1-3-4-5-6-9(2)13-11-8-7-10(12(16)17)14-15-11/h7-9H,3-6H2,1-2H3,(H,13,15)(H,16,17). The first-order chi connectivity index (χ1) is 8.13. The first-order valence-electron chi connectivity index (χ1n) is 5.97. The molecule has 1 unspecified atom stereocenters. The number of nitrogens with one attached hydrogen (secondary N) is 1. The monoisotopic (exact) mass is 237 g/mol. The summed E-state index contributed by atoms with van der Waals surface area (Å²) in [6, 6.07) is 3.43. The van der Waals surface area contributed by atoms with Crippen LogP contribution in [-0.4, -0.2) is 27.3 Å². The number of carboxylic acids is 1. The first kappa shape index (κ1) is 13.4. The van der Waals surface area contributed by atoms with E-state index in [1.54, 1.807) is 6.07 Å². The SMILES string of the molecule is CCCCCC(C)Nc1ccc(C(=O)O)nn1. The van der Waals surface area contributed by atoms with Crippen molar-refractivity contribution in [3.05, 3.63) is 17.8 Å². The molecule has 0 aliphatic carbocycles. The number of hydrogen-bond donors (Lipinski definition) is 2. The molecule has 0 bridgehead atoms. The normalized spacial score (nSPS) is 12.1. The zero-order valence-corrected chi connectivity index (χ0v) is 10.3. The van der Waals surface area contributed by atoms with Gasteiger partial charge in [-0.1, -0.05) is 26.2 Å². The van der Waals surface area contributed by atoms with Crippen molar-refractivity contribution in [3.8, 4) is 0 Å². The van der Waals surface area contributed by atoms with Gasteiger partial charge in [-0.3, -0.25) is 0 Å². The molecule has 0 saturated heterocycles. The van der Waals surface area contributed by atoms with Crippen molar-refractivity contribution in [1.29, 1.82) is 0 Å². The van der Waals surface area contributed by atoms with E-state index in [0.717, 1.165) is 6.42 Å². The van der Waals surface area contributed by atoms with Crippen LogP contribution in [0.4, 0.5) is 5.82 Å². The van der Waals surface area contributed by atoms with Crippen molar-refractivity contribution in [2.45, 2.75) is 45.6 Å². The summed E-state index contributed by atoms with van der Waals surface area (Å²) in [6.07, 6.45) is 4.71. The highest BCUT2D eigenvalue weighted by molar-refractivity contribution is 5.85. The number of aromatic carboxylic acids is 1. The molecule has 5 nitrogen and oxygen atoms in total. The highest BCUT2D eigenvalue weighted by atomic mass is 16.4. The molecule has 0 aromatic carbocycles. The predicted octanol–water partition coefficient (Wildman–Crippen LogP) is 2.56. The lowest BCUT2D eigenvalue weighted by Gasteiger charge is -2.13. The van der Waals surface area contributed by atoms with E-state index in [2.05, 4.69) is 29.4 Å². The van der Waals surface area contributed by atoms with E-state index >= 15 is 0 Å². The van der Waals surface area contributed by atoms with Gasteiger partial charge in [0.1, 0.15) is 5.82 Å². The summed E-state index contributed by atoms with van der Waals surface area (Å²) in [6.45, 7) is 4.26. The van der Waals surface area contributed by atoms with Crippen molar-refractivity contribution in [1.82, 2.24) is 10.2 Å². The van der Waals surface area contributed by atoms with Gasteiger partial charge in [-0.15, -0.1) is 10.2 Å². The molecule has 1 atom stereocenters. The third kappa shape index (κ3) is 4.80. The third-order valence-electron chi connectivity index (χ3n) is 2.52. The fourth-order valence-corrected chi connectivity index (χ4v) is 1.55. The molecule has 1 rings (SSSR count). The molecule has 94 valence electrons. The average molecular weight is 237 g/mol. The van der Waals surface area contributed by atoms with Crippen LogP contribution in [-0.2, 0) is 0 Å². The number of carboxylic acid groups (broad SMARTS) is 1. The predicted molar refractivity (Wildman–Crippen MR) is 66.2 cm³/mol. The fourth-order valence-electron chi connectivity index (χ4n) is 1.55. The molecule has 0 saturated carbocycles. The van der Waals surface area contributed by atoms with E-state index in [4.69, 9.17) is 5.11 Å². The second-order valence-corrected chi connectivity index (χ2v) is 4.15. The molecular formula is C12H19N3O2. The number of rotatable bonds is 7. The van der Waals surface area contributed by atoms with Crippen molar-refractivity contribution < 1.29 is 9.90 Å². The van der Waals surface area contributed by atoms with E-state index in [1.807, 2.05) is 0 Å². The van der Waals surface area contributed by atoms with E-state index in [0.29, 0.717) is 11.9 Å². The van der Waals surface area contributed by atoms with E-state index in [1.165, 1.54) is 25.3 Å². The lowest BCUT2D eigenvalue weighted by Crippen LogP contribution is -2.16. The zero-order chi connectivity index (χ0) is 12.7. The molecule has 0 fully saturated rings. The number of carbonyl (C=O) groups is 1. The quantitative estimate of drug-likeness (QED) is 0.713. The van der Waals surface area contributed by atoms with Gasteiger partial charge in [-0.25, -0.2) is 4.79 Å². The van der Waals surface area contributed by atoms with Crippen molar-refractivity contribution in [2.75, 3.05) is 5.32 Å². The van der Waals surface area contributed by atoms with Crippen LogP contribution in [0.15, 0.2) is 12.1 Å². The maximum absolute atomic E-state index is 10.6. The third-order valence-corrected chi connectivity index (χ3v) is 2.52. The van der Waals surface area contributed by atoms with E-state index < -0.39 is 5.97 Å². The second-order valence-electron chi connectivity index (χ2n) is 4.15.